The Morgan fingerprint density at radius 3 is 2.82 bits per heavy atom. The van der Waals surface area contributed by atoms with Gasteiger partial charge in [0.2, 0.25) is 0 Å². The Morgan fingerprint density at radius 2 is 2.14 bits per heavy atom. The molecule has 0 unspecified atom stereocenters. The van der Waals surface area contributed by atoms with Gasteiger partial charge in [0, 0.05) is 48.4 Å². The number of imidazole rings is 1. The molecule has 1 aromatic carbocycles. The van der Waals surface area contributed by atoms with E-state index in [4.69, 9.17) is 4.74 Å². The molecule has 2 aromatic heterocycles. The third kappa shape index (κ3) is 4.07. The zero-order valence-electron chi connectivity index (χ0n) is 15.9. The quantitative estimate of drug-likeness (QED) is 0.700. The Kier molecular flexibility index (Phi) is 5.40. The minimum atomic E-state index is -0.243. The average molecular weight is 398 g/mol. The lowest BCUT2D eigenvalue weighted by Crippen LogP contribution is -2.45. The predicted octanol–water partition coefficient (Wildman–Crippen LogP) is 3.89. The van der Waals surface area contributed by atoms with E-state index in [2.05, 4.69) is 20.6 Å². The molecule has 7 nitrogen and oxygen atoms in total. The van der Waals surface area contributed by atoms with Gasteiger partial charge in [-0.2, -0.15) is 0 Å². The molecule has 0 bridgehead atoms. The molecule has 2 amide bonds. The molecule has 28 heavy (non-hydrogen) atoms. The second-order valence-electron chi connectivity index (χ2n) is 6.91. The van der Waals surface area contributed by atoms with Crippen LogP contribution in [0.1, 0.15) is 30.5 Å². The maximum atomic E-state index is 12.5. The number of anilines is 1. The van der Waals surface area contributed by atoms with Crippen molar-refractivity contribution in [3.63, 3.8) is 0 Å². The van der Waals surface area contributed by atoms with Crippen molar-refractivity contribution in [2.24, 2.45) is 7.05 Å². The summed E-state index contributed by atoms with van der Waals surface area (Å²) in [7, 11) is 1.93. The van der Waals surface area contributed by atoms with E-state index in [1.54, 1.807) is 17.5 Å². The molecule has 0 aliphatic carbocycles. The lowest BCUT2D eigenvalue weighted by atomic mass is 10.0. The first-order valence-corrected chi connectivity index (χ1v) is 10.2. The topological polar surface area (TPSA) is 81.1 Å². The van der Waals surface area contributed by atoms with Gasteiger partial charge in [0.15, 0.2) is 0 Å². The van der Waals surface area contributed by atoms with Crippen LogP contribution in [0.4, 0.5) is 10.5 Å². The highest BCUT2D eigenvalue weighted by Crippen LogP contribution is 2.28. The van der Waals surface area contributed by atoms with Crippen molar-refractivity contribution in [2.45, 2.75) is 31.9 Å². The van der Waals surface area contributed by atoms with Crippen molar-refractivity contribution in [1.82, 2.24) is 19.9 Å². The van der Waals surface area contributed by atoms with Crippen molar-refractivity contribution >= 4 is 23.1 Å². The fourth-order valence-electron chi connectivity index (χ4n) is 3.35. The van der Waals surface area contributed by atoms with Gasteiger partial charge in [0.05, 0.1) is 6.04 Å². The van der Waals surface area contributed by atoms with Crippen molar-refractivity contribution in [1.29, 1.82) is 0 Å². The smallest absolute Gasteiger partial charge is 0.319 e. The second kappa shape index (κ2) is 8.12. The molecule has 4 rings (SSSR count). The molecule has 1 aliphatic rings. The van der Waals surface area contributed by atoms with Crippen LogP contribution >= 0.6 is 11.3 Å². The Balaban J connectivity index is 1.40. The normalized spacial score (nSPS) is 19.4. The first kappa shape index (κ1) is 18.6. The number of rotatable bonds is 4. The third-order valence-electron chi connectivity index (χ3n) is 4.76. The summed E-state index contributed by atoms with van der Waals surface area (Å²) in [6.07, 6.45) is 5.16. The van der Waals surface area contributed by atoms with E-state index in [-0.39, 0.29) is 18.2 Å². The van der Waals surface area contributed by atoms with Crippen LogP contribution in [0.3, 0.4) is 0 Å². The SMILES string of the molecule is Cc1csc(-c2ccc(NC(=O)N[C@H]3CCCO[C@@H]3c3nccn3C)cc2)n1. The fourth-order valence-corrected chi connectivity index (χ4v) is 4.16. The largest absolute Gasteiger partial charge is 0.368 e. The first-order chi connectivity index (χ1) is 13.6. The number of carbonyl (C=O) groups excluding carboxylic acids is 1. The summed E-state index contributed by atoms with van der Waals surface area (Å²) in [5, 5.41) is 8.95. The highest BCUT2D eigenvalue weighted by atomic mass is 32.1. The van der Waals surface area contributed by atoms with Crippen molar-refractivity contribution in [3.05, 3.63) is 53.6 Å². The zero-order chi connectivity index (χ0) is 19.5. The molecular weight excluding hydrogens is 374 g/mol. The summed E-state index contributed by atoms with van der Waals surface area (Å²) in [6, 6.07) is 7.35. The van der Waals surface area contributed by atoms with Gasteiger partial charge in [-0.05, 0) is 44.0 Å². The van der Waals surface area contributed by atoms with Crippen molar-refractivity contribution in [2.75, 3.05) is 11.9 Å². The maximum absolute atomic E-state index is 12.5. The molecule has 2 N–H and O–H groups in total. The summed E-state index contributed by atoms with van der Waals surface area (Å²) < 4.78 is 7.83. The molecule has 146 valence electrons. The van der Waals surface area contributed by atoms with Crippen LogP contribution in [-0.4, -0.2) is 33.2 Å². The second-order valence-corrected chi connectivity index (χ2v) is 7.76. The number of aryl methyl sites for hydroxylation is 2. The van der Waals surface area contributed by atoms with Gasteiger partial charge in [0.1, 0.15) is 16.9 Å². The van der Waals surface area contributed by atoms with Gasteiger partial charge < -0.3 is 19.9 Å². The number of amides is 2. The van der Waals surface area contributed by atoms with Crippen LogP contribution in [0.15, 0.2) is 42.0 Å². The molecular formula is C20H23N5O2S. The van der Waals surface area contributed by atoms with Crippen LogP contribution in [0.25, 0.3) is 10.6 Å². The van der Waals surface area contributed by atoms with Crippen LogP contribution in [0.5, 0.6) is 0 Å². The summed E-state index contributed by atoms with van der Waals surface area (Å²) in [5.41, 5.74) is 2.79. The first-order valence-electron chi connectivity index (χ1n) is 9.29. The van der Waals surface area contributed by atoms with Crippen LogP contribution in [0.2, 0.25) is 0 Å². The summed E-state index contributed by atoms with van der Waals surface area (Å²) in [4.78, 5) is 21.4. The van der Waals surface area contributed by atoms with Gasteiger partial charge in [-0.3, -0.25) is 0 Å². The minimum Gasteiger partial charge on any atom is -0.368 e. The van der Waals surface area contributed by atoms with Crippen LogP contribution in [0, 0.1) is 6.92 Å². The van der Waals surface area contributed by atoms with Gasteiger partial charge >= 0.3 is 6.03 Å². The van der Waals surface area contributed by atoms with Crippen molar-refractivity contribution < 1.29 is 9.53 Å². The number of ether oxygens (including phenoxy) is 1. The lowest BCUT2D eigenvalue weighted by Gasteiger charge is -2.31. The number of nitrogens with one attached hydrogen (secondary N) is 2. The van der Waals surface area contributed by atoms with Crippen LogP contribution < -0.4 is 10.6 Å². The number of nitrogens with zero attached hydrogens (tertiary/aromatic N) is 3. The third-order valence-corrected chi connectivity index (χ3v) is 5.77. The van der Waals surface area contributed by atoms with E-state index in [1.165, 1.54) is 0 Å². The zero-order valence-corrected chi connectivity index (χ0v) is 16.7. The monoisotopic (exact) mass is 397 g/mol. The van der Waals surface area contributed by atoms with E-state index in [0.717, 1.165) is 40.6 Å². The summed E-state index contributed by atoms with van der Waals surface area (Å²) in [5.74, 6) is 0.827. The molecule has 0 radical (unpaired) electrons. The van der Waals surface area contributed by atoms with Gasteiger partial charge in [-0.25, -0.2) is 14.8 Å². The minimum absolute atomic E-state index is 0.118. The molecule has 2 atom stereocenters. The molecule has 1 saturated heterocycles. The number of carbonyl (C=O) groups is 1. The fraction of sp³-hybridized carbons (Fsp3) is 0.350. The number of thiazole rings is 1. The lowest BCUT2D eigenvalue weighted by molar-refractivity contribution is -0.0136. The molecule has 8 heteroatoms. The number of aromatic nitrogens is 3. The number of hydrogen-bond donors (Lipinski definition) is 2. The average Bonchev–Trinajstić information content (AvgIpc) is 3.31. The van der Waals surface area contributed by atoms with Crippen LogP contribution in [-0.2, 0) is 11.8 Å². The number of urea groups is 1. The van der Waals surface area contributed by atoms with E-state index in [0.29, 0.717) is 6.61 Å². The van der Waals surface area contributed by atoms with Crippen molar-refractivity contribution in [3.8, 4) is 10.6 Å². The predicted molar refractivity (Wildman–Crippen MR) is 109 cm³/mol. The Labute approximate surface area is 167 Å². The highest BCUT2D eigenvalue weighted by molar-refractivity contribution is 7.13. The highest BCUT2D eigenvalue weighted by Gasteiger charge is 2.31. The Hall–Kier alpha value is -2.71. The molecule has 3 heterocycles. The summed E-state index contributed by atoms with van der Waals surface area (Å²) in [6.45, 7) is 2.66. The molecule has 1 aliphatic heterocycles. The van der Waals surface area contributed by atoms with E-state index in [1.807, 2.05) is 54.4 Å². The van der Waals surface area contributed by atoms with E-state index >= 15 is 0 Å². The van der Waals surface area contributed by atoms with Gasteiger partial charge in [0.25, 0.3) is 0 Å². The molecule has 0 spiro atoms. The van der Waals surface area contributed by atoms with E-state index in [9.17, 15) is 4.79 Å². The molecule has 0 saturated carbocycles. The maximum Gasteiger partial charge on any atom is 0.319 e. The molecule has 1 fully saturated rings. The summed E-state index contributed by atoms with van der Waals surface area (Å²) >= 11 is 1.61. The number of benzene rings is 1. The Morgan fingerprint density at radius 1 is 1.32 bits per heavy atom. The number of hydrogen-bond acceptors (Lipinski definition) is 5. The Bertz CT molecular complexity index is 950. The standard InChI is InChI=1S/C20H23N5O2S/c1-13-12-28-19(22-13)14-5-7-15(8-6-14)23-20(26)24-16-4-3-11-27-17(16)18-21-9-10-25(18)2/h5-10,12,16-17H,3-4,11H2,1-2H3,(H2,23,24,26)/t16-,17-/m0/s1. The van der Waals surface area contributed by atoms with E-state index < -0.39 is 0 Å². The van der Waals surface area contributed by atoms with Gasteiger partial charge in [-0.15, -0.1) is 11.3 Å². The molecule has 3 aromatic rings. The van der Waals surface area contributed by atoms with Gasteiger partial charge in [-0.1, -0.05) is 0 Å².